The highest BCUT2D eigenvalue weighted by atomic mass is 19.4. The summed E-state index contributed by atoms with van der Waals surface area (Å²) in [7, 11) is 1.16. The van der Waals surface area contributed by atoms with E-state index in [1.54, 1.807) is 0 Å². The topological polar surface area (TPSA) is 69.0 Å². The number of nitrogens with zero attached hydrogens (tertiary/aromatic N) is 3. The lowest BCUT2D eigenvalue weighted by Gasteiger charge is -2.23. The van der Waals surface area contributed by atoms with Crippen LogP contribution in [0.1, 0.15) is 34.9 Å². The Kier molecular flexibility index (Phi) is 4.26. The molecule has 0 bridgehead atoms. The van der Waals surface area contributed by atoms with Crippen LogP contribution in [0.5, 0.6) is 0 Å². The van der Waals surface area contributed by atoms with Gasteiger partial charge in [-0.3, -0.25) is 0 Å². The number of aromatic nitrogens is 3. The van der Waals surface area contributed by atoms with Gasteiger partial charge in [0, 0.05) is 5.92 Å². The highest BCUT2D eigenvalue weighted by Crippen LogP contribution is 2.29. The number of methoxy groups -OCH3 is 1. The number of alkyl halides is 3. The molecule has 2 rings (SSSR count). The second-order valence-electron chi connectivity index (χ2n) is 4.61. The molecule has 6 nitrogen and oxygen atoms in total. The summed E-state index contributed by atoms with van der Waals surface area (Å²) in [5.74, 6) is -0.936. The standard InChI is InChI=1S/C11H15F3N4O2/c1-20-10(19)8-9(7-2-4-15-5-3-7)18(17-16-8)6-11(12,13)14/h7,15H,2-6H2,1H3. The number of nitrogens with one attached hydrogen (secondary N) is 1. The molecule has 0 atom stereocenters. The number of piperidine rings is 1. The molecule has 1 fully saturated rings. The second kappa shape index (κ2) is 5.78. The predicted molar refractivity (Wildman–Crippen MR) is 62.3 cm³/mol. The summed E-state index contributed by atoms with van der Waals surface area (Å²) in [6, 6.07) is 0. The Balaban J connectivity index is 2.36. The normalized spacial score (nSPS) is 17.2. The predicted octanol–water partition coefficient (Wildman–Crippen LogP) is 1.09. The summed E-state index contributed by atoms with van der Waals surface area (Å²) in [5.41, 5.74) is 0.0966. The van der Waals surface area contributed by atoms with E-state index in [-0.39, 0.29) is 17.3 Å². The van der Waals surface area contributed by atoms with E-state index in [0.29, 0.717) is 25.9 Å². The Hall–Kier alpha value is -1.64. The van der Waals surface area contributed by atoms with Crippen LogP contribution in [0.3, 0.4) is 0 Å². The number of ether oxygens (including phenoxy) is 1. The third-order valence-electron chi connectivity index (χ3n) is 3.21. The molecule has 1 aromatic rings. The molecule has 0 radical (unpaired) electrons. The zero-order valence-corrected chi connectivity index (χ0v) is 10.9. The Labute approximate surface area is 113 Å². The lowest BCUT2D eigenvalue weighted by Crippen LogP contribution is -2.30. The molecule has 112 valence electrons. The van der Waals surface area contributed by atoms with E-state index in [4.69, 9.17) is 0 Å². The molecule has 1 aliphatic heterocycles. The van der Waals surface area contributed by atoms with Crippen molar-refractivity contribution in [3.05, 3.63) is 11.4 Å². The molecule has 1 N–H and O–H groups in total. The Bertz CT molecular complexity index is 481. The van der Waals surface area contributed by atoms with E-state index < -0.39 is 18.7 Å². The molecular weight excluding hydrogens is 277 g/mol. The monoisotopic (exact) mass is 292 g/mol. The van der Waals surface area contributed by atoms with E-state index in [0.717, 1.165) is 11.8 Å². The molecule has 0 spiro atoms. The lowest BCUT2D eigenvalue weighted by atomic mass is 9.93. The maximum Gasteiger partial charge on any atom is 0.408 e. The molecule has 0 aromatic carbocycles. The van der Waals surface area contributed by atoms with Crippen LogP contribution < -0.4 is 5.32 Å². The van der Waals surface area contributed by atoms with Crippen molar-refractivity contribution in [2.75, 3.05) is 20.2 Å². The van der Waals surface area contributed by atoms with Crippen LogP contribution in [-0.2, 0) is 11.3 Å². The van der Waals surface area contributed by atoms with Crippen molar-refractivity contribution in [1.29, 1.82) is 0 Å². The number of carbonyl (C=O) groups excluding carboxylic acids is 1. The van der Waals surface area contributed by atoms with Crippen molar-refractivity contribution in [3.63, 3.8) is 0 Å². The molecule has 0 saturated carbocycles. The van der Waals surface area contributed by atoms with Crippen molar-refractivity contribution < 1.29 is 22.7 Å². The van der Waals surface area contributed by atoms with Gasteiger partial charge in [-0.1, -0.05) is 5.21 Å². The minimum atomic E-state index is -4.41. The van der Waals surface area contributed by atoms with Crippen LogP contribution in [0.2, 0.25) is 0 Å². The van der Waals surface area contributed by atoms with Crippen LogP contribution in [0.25, 0.3) is 0 Å². The molecule has 0 unspecified atom stereocenters. The Morgan fingerprint density at radius 1 is 1.45 bits per heavy atom. The minimum Gasteiger partial charge on any atom is -0.464 e. The van der Waals surface area contributed by atoms with Crippen LogP contribution in [0, 0.1) is 0 Å². The third kappa shape index (κ3) is 3.27. The number of hydrogen-bond donors (Lipinski definition) is 1. The lowest BCUT2D eigenvalue weighted by molar-refractivity contribution is -0.143. The van der Waals surface area contributed by atoms with Crippen molar-refractivity contribution in [1.82, 2.24) is 20.3 Å². The van der Waals surface area contributed by atoms with Crippen molar-refractivity contribution in [3.8, 4) is 0 Å². The quantitative estimate of drug-likeness (QED) is 0.845. The molecular formula is C11H15F3N4O2. The average Bonchev–Trinajstić information content (AvgIpc) is 2.80. The van der Waals surface area contributed by atoms with Crippen LogP contribution in [-0.4, -0.2) is 47.3 Å². The fourth-order valence-electron chi connectivity index (χ4n) is 2.35. The minimum absolute atomic E-state index is 0.122. The van der Waals surface area contributed by atoms with Gasteiger partial charge in [-0.25, -0.2) is 9.48 Å². The third-order valence-corrected chi connectivity index (χ3v) is 3.21. The fraction of sp³-hybridized carbons (Fsp3) is 0.727. The first kappa shape index (κ1) is 14.8. The summed E-state index contributed by atoms with van der Waals surface area (Å²) >= 11 is 0. The van der Waals surface area contributed by atoms with Crippen LogP contribution >= 0.6 is 0 Å². The number of carbonyl (C=O) groups is 1. The molecule has 1 saturated heterocycles. The highest BCUT2D eigenvalue weighted by Gasteiger charge is 2.34. The smallest absolute Gasteiger partial charge is 0.408 e. The second-order valence-corrected chi connectivity index (χ2v) is 4.61. The van der Waals surface area contributed by atoms with E-state index in [9.17, 15) is 18.0 Å². The summed E-state index contributed by atoms with van der Waals surface area (Å²) < 4.78 is 43.0. The maximum absolute atomic E-state index is 12.6. The van der Waals surface area contributed by atoms with Gasteiger partial charge in [0.2, 0.25) is 0 Å². The molecule has 0 amide bonds. The van der Waals surface area contributed by atoms with Gasteiger partial charge in [0.1, 0.15) is 6.54 Å². The largest absolute Gasteiger partial charge is 0.464 e. The molecule has 1 aromatic heterocycles. The van der Waals surface area contributed by atoms with Gasteiger partial charge in [-0.2, -0.15) is 13.2 Å². The zero-order valence-electron chi connectivity index (χ0n) is 10.9. The summed E-state index contributed by atoms with van der Waals surface area (Å²) in [6.45, 7) is 0.112. The van der Waals surface area contributed by atoms with Crippen LogP contribution in [0.4, 0.5) is 13.2 Å². The number of halogens is 3. The molecule has 2 heterocycles. The average molecular weight is 292 g/mol. The molecule has 0 aliphatic carbocycles. The number of hydrogen-bond acceptors (Lipinski definition) is 5. The SMILES string of the molecule is COC(=O)c1nnn(CC(F)(F)F)c1C1CCNCC1. The first-order valence-electron chi connectivity index (χ1n) is 6.21. The van der Waals surface area contributed by atoms with Gasteiger partial charge in [0.25, 0.3) is 0 Å². The van der Waals surface area contributed by atoms with E-state index >= 15 is 0 Å². The van der Waals surface area contributed by atoms with Gasteiger partial charge in [-0.15, -0.1) is 5.10 Å². The highest BCUT2D eigenvalue weighted by molar-refractivity contribution is 5.88. The zero-order chi connectivity index (χ0) is 14.8. The molecule has 20 heavy (non-hydrogen) atoms. The first-order chi connectivity index (χ1) is 9.42. The van der Waals surface area contributed by atoms with Crippen molar-refractivity contribution in [2.24, 2.45) is 0 Å². The summed E-state index contributed by atoms with van der Waals surface area (Å²) in [5, 5.41) is 10.2. The van der Waals surface area contributed by atoms with Crippen molar-refractivity contribution >= 4 is 5.97 Å². The van der Waals surface area contributed by atoms with E-state index in [1.807, 2.05) is 0 Å². The van der Waals surface area contributed by atoms with Crippen molar-refractivity contribution in [2.45, 2.75) is 31.5 Å². The Morgan fingerprint density at radius 2 is 2.10 bits per heavy atom. The molecule has 9 heteroatoms. The van der Waals surface area contributed by atoms with Gasteiger partial charge in [0.15, 0.2) is 5.69 Å². The Morgan fingerprint density at radius 3 is 2.65 bits per heavy atom. The van der Waals surface area contributed by atoms with Gasteiger partial charge >= 0.3 is 12.1 Å². The molecule has 1 aliphatic rings. The maximum atomic E-state index is 12.6. The summed E-state index contributed by atoms with van der Waals surface area (Å²) in [4.78, 5) is 11.6. The number of esters is 1. The van der Waals surface area contributed by atoms with E-state index in [2.05, 4.69) is 20.4 Å². The van der Waals surface area contributed by atoms with Gasteiger partial charge < -0.3 is 10.1 Å². The number of rotatable bonds is 3. The first-order valence-corrected chi connectivity index (χ1v) is 6.21. The van der Waals surface area contributed by atoms with Crippen LogP contribution in [0.15, 0.2) is 0 Å². The van der Waals surface area contributed by atoms with Gasteiger partial charge in [0.05, 0.1) is 12.8 Å². The summed E-state index contributed by atoms with van der Waals surface area (Å²) in [6.07, 6.45) is -3.15. The van der Waals surface area contributed by atoms with Gasteiger partial charge in [-0.05, 0) is 25.9 Å². The fourth-order valence-corrected chi connectivity index (χ4v) is 2.35. The van der Waals surface area contributed by atoms with E-state index in [1.165, 1.54) is 0 Å².